The van der Waals surface area contributed by atoms with E-state index in [-0.39, 0.29) is 6.61 Å². The van der Waals surface area contributed by atoms with Gasteiger partial charge in [-0.1, -0.05) is 36.4 Å². The second-order valence-corrected chi connectivity index (χ2v) is 4.36. The van der Waals surface area contributed by atoms with Gasteiger partial charge in [-0.25, -0.2) is 9.59 Å². The Kier molecular flexibility index (Phi) is 5.10. The highest BCUT2D eigenvalue weighted by molar-refractivity contribution is 5.90. The van der Waals surface area contributed by atoms with Crippen molar-refractivity contribution in [1.29, 1.82) is 0 Å². The Bertz CT molecular complexity index is 593. The van der Waals surface area contributed by atoms with Crippen LogP contribution in [0.15, 0.2) is 60.7 Å². The van der Waals surface area contributed by atoms with Crippen LogP contribution in [0.25, 0.3) is 0 Å². The maximum Gasteiger partial charge on any atom is 0.338 e. The average molecular weight is 283 g/mol. The summed E-state index contributed by atoms with van der Waals surface area (Å²) in [5.41, 5.74) is 0.875. The van der Waals surface area contributed by atoms with E-state index in [9.17, 15) is 9.59 Å². The minimum atomic E-state index is -0.759. The highest BCUT2D eigenvalue weighted by Crippen LogP contribution is 2.06. The minimum absolute atomic E-state index is 0.0910. The molecular formula is C17H15O4. The summed E-state index contributed by atoms with van der Waals surface area (Å²) in [6.07, 6.45) is -0.759. The lowest BCUT2D eigenvalue weighted by molar-refractivity contribution is 0.0107. The van der Waals surface area contributed by atoms with Crippen LogP contribution in [0.5, 0.6) is 0 Å². The second-order valence-electron chi connectivity index (χ2n) is 4.36. The van der Waals surface area contributed by atoms with Crippen LogP contribution in [0.1, 0.15) is 20.7 Å². The van der Waals surface area contributed by atoms with Gasteiger partial charge in [0.25, 0.3) is 0 Å². The van der Waals surface area contributed by atoms with Crippen molar-refractivity contribution in [3.05, 3.63) is 78.7 Å². The molecule has 107 valence electrons. The first-order valence-corrected chi connectivity index (χ1v) is 6.48. The molecule has 4 nitrogen and oxygen atoms in total. The molecule has 2 aromatic rings. The molecule has 0 heterocycles. The van der Waals surface area contributed by atoms with E-state index in [0.717, 1.165) is 0 Å². The summed E-state index contributed by atoms with van der Waals surface area (Å²) in [4.78, 5) is 23.5. The summed E-state index contributed by atoms with van der Waals surface area (Å²) in [5, 5.41) is 0. The molecule has 0 amide bonds. The topological polar surface area (TPSA) is 52.6 Å². The standard InChI is InChI=1S/C17H15O4/c1-13(21-17(19)15-10-6-3-7-11-15)12-20-16(18)14-8-4-2-5-9-14/h2-11,13H,1,12H2. The van der Waals surface area contributed by atoms with Crippen LogP contribution in [0, 0.1) is 6.92 Å². The molecule has 0 fully saturated rings. The molecule has 0 aliphatic carbocycles. The predicted molar refractivity (Wildman–Crippen MR) is 77.7 cm³/mol. The Hall–Kier alpha value is -2.62. The minimum Gasteiger partial charge on any atom is -0.458 e. The van der Waals surface area contributed by atoms with Gasteiger partial charge in [-0.2, -0.15) is 0 Å². The third-order valence-corrected chi connectivity index (χ3v) is 2.69. The van der Waals surface area contributed by atoms with Gasteiger partial charge in [0.2, 0.25) is 0 Å². The van der Waals surface area contributed by atoms with Crippen molar-refractivity contribution >= 4 is 11.9 Å². The smallest absolute Gasteiger partial charge is 0.338 e. The fourth-order valence-electron chi connectivity index (χ4n) is 1.65. The maximum atomic E-state index is 11.8. The molecule has 0 bridgehead atoms. The lowest BCUT2D eigenvalue weighted by Crippen LogP contribution is -2.22. The third kappa shape index (κ3) is 4.45. The zero-order valence-electron chi connectivity index (χ0n) is 11.4. The Morgan fingerprint density at radius 3 is 1.86 bits per heavy atom. The molecule has 0 N–H and O–H groups in total. The van der Waals surface area contributed by atoms with Gasteiger partial charge in [-0.15, -0.1) is 0 Å². The quantitative estimate of drug-likeness (QED) is 0.792. The molecule has 0 saturated heterocycles. The Balaban J connectivity index is 1.81. The summed E-state index contributed by atoms with van der Waals surface area (Å²) in [5.74, 6) is -0.966. The normalized spacial score (nSPS) is 11.5. The van der Waals surface area contributed by atoms with Crippen molar-refractivity contribution < 1.29 is 19.1 Å². The number of carbonyl (C=O) groups excluding carboxylic acids is 2. The Labute approximate surface area is 123 Å². The van der Waals surface area contributed by atoms with E-state index in [4.69, 9.17) is 9.47 Å². The monoisotopic (exact) mass is 283 g/mol. The van der Waals surface area contributed by atoms with Crippen LogP contribution in [0.2, 0.25) is 0 Å². The number of benzene rings is 2. The number of carbonyl (C=O) groups is 2. The van der Waals surface area contributed by atoms with Crippen LogP contribution in [-0.2, 0) is 9.47 Å². The van der Waals surface area contributed by atoms with Gasteiger partial charge >= 0.3 is 11.9 Å². The Morgan fingerprint density at radius 1 is 0.857 bits per heavy atom. The fourth-order valence-corrected chi connectivity index (χ4v) is 1.65. The molecule has 0 aliphatic heterocycles. The van der Waals surface area contributed by atoms with Gasteiger partial charge in [-0.05, 0) is 31.2 Å². The molecule has 0 aromatic heterocycles. The van der Waals surface area contributed by atoms with Crippen molar-refractivity contribution in [3.8, 4) is 0 Å². The molecule has 2 aromatic carbocycles. The lowest BCUT2D eigenvalue weighted by Gasteiger charge is -2.13. The number of hydrogen-bond donors (Lipinski definition) is 0. The van der Waals surface area contributed by atoms with Gasteiger partial charge < -0.3 is 9.47 Å². The molecule has 4 heteroatoms. The van der Waals surface area contributed by atoms with Gasteiger partial charge in [0.1, 0.15) is 12.7 Å². The molecule has 1 atom stereocenters. The molecule has 21 heavy (non-hydrogen) atoms. The van der Waals surface area contributed by atoms with Crippen molar-refractivity contribution in [2.24, 2.45) is 0 Å². The summed E-state index contributed by atoms with van der Waals surface area (Å²) in [7, 11) is 0. The summed E-state index contributed by atoms with van der Waals surface area (Å²) < 4.78 is 10.1. The SMILES string of the molecule is [CH2]C(COC(=O)c1ccccc1)OC(=O)c1ccccc1. The first kappa shape index (κ1) is 14.8. The van der Waals surface area contributed by atoms with Crippen molar-refractivity contribution in [2.45, 2.75) is 6.10 Å². The van der Waals surface area contributed by atoms with Crippen LogP contribution in [0.3, 0.4) is 0 Å². The highest BCUT2D eigenvalue weighted by atomic mass is 16.6. The first-order chi connectivity index (χ1) is 10.2. The predicted octanol–water partition coefficient (Wildman–Crippen LogP) is 2.90. The second kappa shape index (κ2) is 7.24. The maximum absolute atomic E-state index is 11.8. The van der Waals surface area contributed by atoms with Crippen LogP contribution < -0.4 is 0 Å². The lowest BCUT2D eigenvalue weighted by atomic mass is 10.2. The van der Waals surface area contributed by atoms with E-state index in [1.165, 1.54) is 0 Å². The zero-order chi connectivity index (χ0) is 15.1. The molecule has 0 spiro atoms. The summed E-state index contributed by atoms with van der Waals surface area (Å²) >= 11 is 0. The van der Waals surface area contributed by atoms with Crippen LogP contribution in [-0.4, -0.2) is 24.6 Å². The first-order valence-electron chi connectivity index (χ1n) is 6.48. The molecule has 2 rings (SSSR count). The fraction of sp³-hybridized carbons (Fsp3) is 0.118. The molecule has 0 saturated carbocycles. The van der Waals surface area contributed by atoms with Gasteiger partial charge in [0.05, 0.1) is 11.1 Å². The zero-order valence-corrected chi connectivity index (χ0v) is 11.4. The van der Waals surface area contributed by atoms with Crippen molar-refractivity contribution in [1.82, 2.24) is 0 Å². The number of hydrogen-bond acceptors (Lipinski definition) is 4. The van der Waals surface area contributed by atoms with E-state index in [0.29, 0.717) is 11.1 Å². The average Bonchev–Trinajstić information content (AvgIpc) is 2.54. The largest absolute Gasteiger partial charge is 0.458 e. The molecule has 1 radical (unpaired) electrons. The van der Waals surface area contributed by atoms with E-state index in [2.05, 4.69) is 6.92 Å². The van der Waals surface area contributed by atoms with E-state index < -0.39 is 18.0 Å². The number of rotatable bonds is 5. The van der Waals surface area contributed by atoms with Crippen LogP contribution >= 0.6 is 0 Å². The summed E-state index contributed by atoms with van der Waals surface area (Å²) in [6.45, 7) is 3.56. The van der Waals surface area contributed by atoms with Crippen molar-refractivity contribution in [2.75, 3.05) is 6.61 Å². The van der Waals surface area contributed by atoms with Gasteiger partial charge in [0.15, 0.2) is 0 Å². The van der Waals surface area contributed by atoms with Crippen molar-refractivity contribution in [3.63, 3.8) is 0 Å². The Morgan fingerprint density at radius 2 is 1.33 bits per heavy atom. The van der Waals surface area contributed by atoms with E-state index in [1.54, 1.807) is 54.6 Å². The number of ether oxygens (including phenoxy) is 2. The van der Waals surface area contributed by atoms with Gasteiger partial charge in [0, 0.05) is 0 Å². The van der Waals surface area contributed by atoms with Gasteiger partial charge in [-0.3, -0.25) is 0 Å². The third-order valence-electron chi connectivity index (χ3n) is 2.69. The molecule has 1 unspecified atom stereocenters. The van der Waals surface area contributed by atoms with E-state index in [1.807, 2.05) is 6.07 Å². The van der Waals surface area contributed by atoms with Crippen LogP contribution in [0.4, 0.5) is 0 Å². The number of esters is 2. The van der Waals surface area contributed by atoms with E-state index >= 15 is 0 Å². The highest BCUT2D eigenvalue weighted by Gasteiger charge is 2.14. The summed E-state index contributed by atoms with van der Waals surface area (Å²) in [6, 6.07) is 17.2. The molecular weight excluding hydrogens is 268 g/mol. The molecule has 0 aliphatic rings.